The Morgan fingerprint density at radius 3 is 1.38 bits per heavy atom. The third-order valence-electron chi connectivity index (χ3n) is 7.85. The number of oxime groups is 1. The van der Waals surface area contributed by atoms with Crippen LogP contribution < -0.4 is 5.73 Å². The van der Waals surface area contributed by atoms with E-state index < -0.39 is 29.5 Å². The number of nitrogens with zero attached hydrogens (tertiary/aromatic N) is 1. The molecule has 1 saturated heterocycles. The number of ketones is 2. The largest absolute Gasteiger partial charge is 0.383 e. The second-order valence-electron chi connectivity index (χ2n) is 9.98. The number of benzene rings is 4. The lowest BCUT2D eigenvalue weighted by Gasteiger charge is -2.51. The van der Waals surface area contributed by atoms with Gasteiger partial charge in [-0.05, 0) is 11.1 Å². The Bertz CT molecular complexity index is 1470. The first kappa shape index (κ1) is 25.4. The molecule has 0 amide bonds. The van der Waals surface area contributed by atoms with Crippen LogP contribution in [0, 0.1) is 22.7 Å². The van der Waals surface area contributed by atoms with E-state index in [1.807, 2.05) is 72.8 Å². The van der Waals surface area contributed by atoms with E-state index in [2.05, 4.69) is 5.16 Å². The zero-order valence-corrected chi connectivity index (χ0v) is 21.5. The Hall–Kier alpha value is -4.88. The van der Waals surface area contributed by atoms with Crippen LogP contribution in [0.4, 0.5) is 0 Å². The summed E-state index contributed by atoms with van der Waals surface area (Å²) >= 11 is 0. The van der Waals surface area contributed by atoms with Gasteiger partial charge in [0.05, 0.1) is 24.0 Å². The molecule has 0 radical (unpaired) electrons. The fraction of sp³-hybridized carbons (Fsp3) is 0.152. The molecule has 1 fully saturated rings. The third-order valence-corrected chi connectivity index (χ3v) is 7.85. The van der Waals surface area contributed by atoms with E-state index >= 15 is 0 Å². The Morgan fingerprint density at radius 2 is 1.02 bits per heavy atom. The summed E-state index contributed by atoms with van der Waals surface area (Å²) < 4.78 is 6.85. The van der Waals surface area contributed by atoms with Crippen LogP contribution in [0.3, 0.4) is 0 Å². The third kappa shape index (κ3) is 4.03. The highest BCUT2D eigenvalue weighted by molar-refractivity contribution is 6.19. The second kappa shape index (κ2) is 10.4. The number of Topliss-reactive ketones (excluding diaryl/α,β-unsaturated/α-hetero) is 2. The quantitative estimate of drug-likeness (QED) is 0.308. The first-order valence-corrected chi connectivity index (χ1v) is 13.1. The molecule has 4 atom stereocenters. The van der Waals surface area contributed by atoms with E-state index in [4.69, 9.17) is 20.7 Å². The first-order valence-electron chi connectivity index (χ1n) is 13.1. The van der Waals surface area contributed by atoms with E-state index in [0.29, 0.717) is 11.1 Å². The van der Waals surface area contributed by atoms with Crippen molar-refractivity contribution in [3.8, 4) is 0 Å². The number of rotatable bonds is 6. The van der Waals surface area contributed by atoms with Crippen LogP contribution in [0.2, 0.25) is 0 Å². The number of amidine groups is 1. The van der Waals surface area contributed by atoms with Gasteiger partial charge in [0.1, 0.15) is 5.41 Å². The van der Waals surface area contributed by atoms with Crippen LogP contribution in [0.25, 0.3) is 0 Å². The number of nitrogens with two attached hydrogens (primary N) is 1. The Kier molecular flexibility index (Phi) is 6.58. The molecule has 4 unspecified atom stereocenters. The lowest BCUT2D eigenvalue weighted by Crippen LogP contribution is -2.62. The average Bonchev–Trinajstić information content (AvgIpc) is 3.30. The maximum atomic E-state index is 14.5. The van der Waals surface area contributed by atoms with Crippen molar-refractivity contribution in [3.05, 3.63) is 144 Å². The van der Waals surface area contributed by atoms with Crippen LogP contribution in [0.5, 0.6) is 0 Å². The van der Waals surface area contributed by atoms with E-state index in [9.17, 15) is 9.59 Å². The maximum Gasteiger partial charge on any atom is 0.233 e. The van der Waals surface area contributed by atoms with Crippen LogP contribution in [0.15, 0.2) is 126 Å². The topological polar surface area (TPSA) is 115 Å². The summed E-state index contributed by atoms with van der Waals surface area (Å²) in [6, 6.07) is 36.3. The minimum Gasteiger partial charge on any atom is -0.383 e. The minimum atomic E-state index is -1.71. The molecule has 2 aliphatic rings. The molecule has 4 aromatic rings. The molecule has 6 rings (SSSR count). The lowest BCUT2D eigenvalue weighted by molar-refractivity contribution is -0.129. The van der Waals surface area contributed by atoms with Crippen molar-refractivity contribution in [2.45, 2.75) is 12.2 Å². The van der Waals surface area contributed by atoms with E-state index in [0.717, 1.165) is 11.1 Å². The predicted molar refractivity (Wildman–Crippen MR) is 151 cm³/mol. The number of ether oxygens (including phenoxy) is 1. The molecule has 2 heterocycles. The zero-order valence-electron chi connectivity index (χ0n) is 21.5. The van der Waals surface area contributed by atoms with Gasteiger partial charge >= 0.3 is 0 Å². The van der Waals surface area contributed by atoms with Gasteiger partial charge in [0, 0.05) is 11.1 Å². The van der Waals surface area contributed by atoms with Crippen molar-refractivity contribution >= 4 is 23.3 Å². The van der Waals surface area contributed by atoms with Crippen LogP contribution in [-0.4, -0.2) is 23.3 Å². The summed E-state index contributed by atoms with van der Waals surface area (Å²) in [6.07, 6.45) is -1.73. The van der Waals surface area contributed by atoms with Crippen molar-refractivity contribution in [2.24, 2.45) is 28.1 Å². The molecule has 0 bridgehead atoms. The normalized spacial score (nSPS) is 25.7. The highest BCUT2D eigenvalue weighted by atomic mass is 16.6. The molecule has 2 aliphatic heterocycles. The monoisotopic (exact) mass is 529 g/mol. The lowest BCUT2D eigenvalue weighted by atomic mass is 9.55. The molecule has 40 heavy (non-hydrogen) atoms. The van der Waals surface area contributed by atoms with E-state index in [-0.39, 0.29) is 23.3 Å². The minimum absolute atomic E-state index is 0.0915. The van der Waals surface area contributed by atoms with Crippen LogP contribution >= 0.6 is 0 Å². The molecular formula is C33H27N3O4. The van der Waals surface area contributed by atoms with Crippen molar-refractivity contribution in [1.82, 2.24) is 0 Å². The molecule has 7 heteroatoms. The molecular weight excluding hydrogens is 502 g/mol. The first-order chi connectivity index (χ1) is 19.5. The number of carbonyl (C=O) groups is 2. The summed E-state index contributed by atoms with van der Waals surface area (Å²) in [7, 11) is 0. The molecule has 198 valence electrons. The van der Waals surface area contributed by atoms with E-state index in [1.165, 1.54) is 0 Å². The molecule has 0 saturated carbocycles. The molecule has 1 spiro atoms. The summed E-state index contributed by atoms with van der Waals surface area (Å²) in [5.74, 6) is -3.31. The van der Waals surface area contributed by atoms with Gasteiger partial charge in [-0.15, -0.1) is 0 Å². The molecule has 4 aromatic carbocycles. The summed E-state index contributed by atoms with van der Waals surface area (Å²) in [6.45, 7) is 0. The molecule has 7 nitrogen and oxygen atoms in total. The predicted octanol–water partition coefficient (Wildman–Crippen LogP) is 5.76. The number of nitrogens with one attached hydrogen (secondary N) is 1. The van der Waals surface area contributed by atoms with Gasteiger partial charge in [-0.3, -0.25) is 15.0 Å². The number of hydrogen-bond donors (Lipinski definition) is 2. The maximum absolute atomic E-state index is 14.5. The fourth-order valence-corrected chi connectivity index (χ4v) is 6.03. The average molecular weight is 530 g/mol. The van der Waals surface area contributed by atoms with Crippen molar-refractivity contribution < 1.29 is 19.2 Å². The number of hydrogen-bond acceptors (Lipinski definition) is 7. The van der Waals surface area contributed by atoms with Gasteiger partial charge in [-0.25, -0.2) is 0 Å². The van der Waals surface area contributed by atoms with Gasteiger partial charge in [-0.1, -0.05) is 126 Å². The van der Waals surface area contributed by atoms with E-state index in [1.54, 1.807) is 48.5 Å². The highest BCUT2D eigenvalue weighted by Gasteiger charge is 2.69. The highest BCUT2D eigenvalue weighted by Crippen LogP contribution is 2.59. The Balaban J connectivity index is 1.65. The summed E-state index contributed by atoms with van der Waals surface area (Å²) in [5.41, 5.74) is 7.20. The second-order valence-corrected chi connectivity index (χ2v) is 9.98. The molecule has 0 aromatic heterocycles. The fourth-order valence-electron chi connectivity index (χ4n) is 6.03. The van der Waals surface area contributed by atoms with Gasteiger partial charge in [0.15, 0.2) is 17.4 Å². The van der Waals surface area contributed by atoms with Crippen LogP contribution in [0.1, 0.15) is 44.1 Å². The molecule has 3 N–H and O–H groups in total. The van der Waals surface area contributed by atoms with Gasteiger partial charge < -0.3 is 15.3 Å². The summed E-state index contributed by atoms with van der Waals surface area (Å²) in [4.78, 5) is 34.5. The van der Waals surface area contributed by atoms with Gasteiger partial charge in [0.2, 0.25) is 5.90 Å². The van der Waals surface area contributed by atoms with Crippen LogP contribution in [-0.2, 0) is 9.57 Å². The zero-order chi connectivity index (χ0) is 27.7. The Morgan fingerprint density at radius 1 is 0.650 bits per heavy atom. The van der Waals surface area contributed by atoms with Crippen molar-refractivity contribution in [1.29, 1.82) is 5.41 Å². The van der Waals surface area contributed by atoms with Crippen molar-refractivity contribution in [3.63, 3.8) is 0 Å². The smallest absolute Gasteiger partial charge is 0.233 e. The number of carbonyl (C=O) groups excluding carboxylic acids is 2. The SMILES string of the molecule is N=C1ON=C(N)C12C(C(=O)c1ccccc1)C(c1ccccc1)OC(c1ccccc1)C2C(=O)c1ccccc1. The van der Waals surface area contributed by atoms with Gasteiger partial charge in [-0.2, -0.15) is 0 Å². The Labute approximate surface area is 231 Å². The summed E-state index contributed by atoms with van der Waals surface area (Å²) in [5, 5.41) is 13.1. The van der Waals surface area contributed by atoms with Gasteiger partial charge in [0.25, 0.3) is 0 Å². The standard InChI is InChI=1S/C33H27N3O4/c34-31-33(32(35)40-36-31)25(27(37)21-13-5-1-6-14-21)29(23-17-9-3-10-18-23)39-30(24-19-11-4-12-20-24)26(33)28(38)22-15-7-2-8-16-22/h1-20,25-26,29-30,35H,(H2,34,36). The molecule has 0 aliphatic carbocycles. The van der Waals surface area contributed by atoms with Crippen molar-refractivity contribution in [2.75, 3.05) is 0 Å².